The molecule has 5 nitrogen and oxygen atoms in total. The zero-order valence-corrected chi connectivity index (χ0v) is 13.8. The third kappa shape index (κ3) is 3.49. The molecular formula is C15H25N3O2S. The van der Waals surface area contributed by atoms with Gasteiger partial charge in [0, 0.05) is 36.1 Å². The molecule has 2 aliphatic rings. The maximum Gasteiger partial charge on any atom is 0.242 e. The summed E-state index contributed by atoms with van der Waals surface area (Å²) in [6.07, 6.45) is 6.07. The van der Waals surface area contributed by atoms with Gasteiger partial charge in [0.25, 0.3) is 0 Å². The van der Waals surface area contributed by atoms with Crippen molar-refractivity contribution >= 4 is 10.0 Å². The average molecular weight is 311 g/mol. The van der Waals surface area contributed by atoms with Crippen molar-refractivity contribution in [1.82, 2.24) is 14.6 Å². The molecule has 1 aromatic rings. The summed E-state index contributed by atoms with van der Waals surface area (Å²) in [6.45, 7) is 6.84. The van der Waals surface area contributed by atoms with Gasteiger partial charge >= 0.3 is 0 Å². The predicted molar refractivity (Wildman–Crippen MR) is 82.6 cm³/mol. The van der Waals surface area contributed by atoms with E-state index < -0.39 is 10.0 Å². The van der Waals surface area contributed by atoms with Crippen LogP contribution in [0.5, 0.6) is 0 Å². The second-order valence-corrected chi connectivity index (χ2v) is 8.67. The lowest BCUT2D eigenvalue weighted by atomic mass is 10.3. The molecule has 0 spiro atoms. The fourth-order valence-electron chi connectivity index (χ4n) is 2.48. The standard InChI is InChI=1S/C15H25N3O2S/c1-11(2)18-10-14(8-13(18)9-16-12-4-5-12)21(19,20)17-15(3)6-7-15/h8,10-12,16-17H,4-7,9H2,1-3H3. The average Bonchev–Trinajstić information content (AvgIpc) is 3.28. The Morgan fingerprint density at radius 1 is 1.38 bits per heavy atom. The molecule has 118 valence electrons. The molecule has 0 amide bonds. The predicted octanol–water partition coefficient (Wildman–Crippen LogP) is 2.15. The molecule has 0 bridgehead atoms. The summed E-state index contributed by atoms with van der Waals surface area (Å²) in [5.41, 5.74) is 0.809. The minimum atomic E-state index is -3.41. The van der Waals surface area contributed by atoms with Gasteiger partial charge in [0.05, 0.1) is 4.90 Å². The monoisotopic (exact) mass is 311 g/mol. The van der Waals surface area contributed by atoms with E-state index in [0.717, 1.165) is 25.1 Å². The highest BCUT2D eigenvalue weighted by atomic mass is 32.2. The molecule has 2 saturated carbocycles. The smallest absolute Gasteiger partial charge is 0.242 e. The molecule has 1 heterocycles. The Bertz CT molecular complexity index is 625. The zero-order chi connectivity index (χ0) is 15.3. The summed E-state index contributed by atoms with van der Waals surface area (Å²) >= 11 is 0. The Morgan fingerprint density at radius 3 is 2.57 bits per heavy atom. The third-order valence-electron chi connectivity index (χ3n) is 4.30. The van der Waals surface area contributed by atoms with Gasteiger partial charge in [-0.2, -0.15) is 0 Å². The molecule has 21 heavy (non-hydrogen) atoms. The largest absolute Gasteiger partial charge is 0.346 e. The summed E-state index contributed by atoms with van der Waals surface area (Å²) in [6, 6.07) is 2.68. The first-order valence-corrected chi connectivity index (χ1v) is 9.25. The minimum Gasteiger partial charge on any atom is -0.346 e. The zero-order valence-electron chi connectivity index (χ0n) is 13.0. The van der Waals surface area contributed by atoms with Gasteiger partial charge in [-0.05, 0) is 52.5 Å². The summed E-state index contributed by atoms with van der Waals surface area (Å²) < 4.78 is 29.8. The fourth-order valence-corrected chi connectivity index (χ4v) is 3.99. The highest BCUT2D eigenvalue weighted by Crippen LogP contribution is 2.36. The van der Waals surface area contributed by atoms with Crippen LogP contribution in [0.3, 0.4) is 0 Å². The van der Waals surface area contributed by atoms with Gasteiger partial charge in [0.2, 0.25) is 10.0 Å². The topological polar surface area (TPSA) is 63.1 Å². The Labute approximate surface area is 127 Å². The van der Waals surface area contributed by atoms with E-state index in [0.29, 0.717) is 10.9 Å². The normalized spacial score (nSPS) is 21.0. The molecule has 0 radical (unpaired) electrons. The molecule has 2 aliphatic carbocycles. The van der Waals surface area contributed by atoms with E-state index in [4.69, 9.17) is 0 Å². The van der Waals surface area contributed by atoms with Gasteiger partial charge in [-0.25, -0.2) is 13.1 Å². The summed E-state index contributed by atoms with van der Waals surface area (Å²) in [4.78, 5) is 0.386. The van der Waals surface area contributed by atoms with Gasteiger partial charge in [-0.3, -0.25) is 0 Å². The van der Waals surface area contributed by atoms with Crippen LogP contribution >= 0.6 is 0 Å². The Hall–Kier alpha value is -0.850. The van der Waals surface area contributed by atoms with Crippen molar-refractivity contribution in [1.29, 1.82) is 0 Å². The fraction of sp³-hybridized carbons (Fsp3) is 0.733. The summed E-state index contributed by atoms with van der Waals surface area (Å²) in [5, 5.41) is 3.46. The highest BCUT2D eigenvalue weighted by molar-refractivity contribution is 7.89. The molecule has 2 fully saturated rings. The molecule has 0 saturated heterocycles. The number of nitrogens with zero attached hydrogens (tertiary/aromatic N) is 1. The van der Waals surface area contributed by atoms with Gasteiger partial charge < -0.3 is 9.88 Å². The highest BCUT2D eigenvalue weighted by Gasteiger charge is 2.41. The van der Waals surface area contributed by atoms with E-state index in [-0.39, 0.29) is 11.6 Å². The first kappa shape index (κ1) is 15.1. The Morgan fingerprint density at radius 2 is 2.05 bits per heavy atom. The quantitative estimate of drug-likeness (QED) is 0.811. The van der Waals surface area contributed by atoms with Crippen LogP contribution in [0.1, 0.15) is 58.2 Å². The van der Waals surface area contributed by atoms with Crippen LogP contribution in [-0.2, 0) is 16.6 Å². The number of rotatable bonds is 7. The van der Waals surface area contributed by atoms with Gasteiger partial charge in [-0.1, -0.05) is 0 Å². The molecule has 6 heteroatoms. The molecule has 0 aliphatic heterocycles. The molecule has 0 unspecified atom stereocenters. The van der Waals surface area contributed by atoms with Gasteiger partial charge in [-0.15, -0.1) is 0 Å². The Balaban J connectivity index is 1.82. The summed E-state index contributed by atoms with van der Waals surface area (Å²) in [7, 11) is -3.41. The van der Waals surface area contributed by atoms with E-state index in [1.54, 1.807) is 6.20 Å². The first-order valence-electron chi connectivity index (χ1n) is 7.77. The van der Waals surface area contributed by atoms with Crippen molar-refractivity contribution in [3.8, 4) is 0 Å². The molecule has 0 atom stereocenters. The summed E-state index contributed by atoms with van der Waals surface area (Å²) in [5.74, 6) is 0. The van der Waals surface area contributed by atoms with E-state index in [2.05, 4.69) is 28.5 Å². The number of nitrogens with one attached hydrogen (secondary N) is 2. The maximum absolute atomic E-state index is 12.5. The number of aromatic nitrogens is 1. The minimum absolute atomic E-state index is 0.231. The lowest BCUT2D eigenvalue weighted by molar-refractivity contribution is 0.546. The van der Waals surface area contributed by atoms with Crippen molar-refractivity contribution < 1.29 is 8.42 Å². The Kier molecular flexibility index (Phi) is 3.66. The first-order chi connectivity index (χ1) is 9.79. The van der Waals surface area contributed by atoms with Gasteiger partial charge in [0.15, 0.2) is 0 Å². The lowest BCUT2D eigenvalue weighted by Gasteiger charge is -2.13. The van der Waals surface area contributed by atoms with Crippen LogP contribution in [0, 0.1) is 0 Å². The van der Waals surface area contributed by atoms with Crippen molar-refractivity contribution in [2.24, 2.45) is 0 Å². The van der Waals surface area contributed by atoms with Gasteiger partial charge in [0.1, 0.15) is 0 Å². The molecule has 3 rings (SSSR count). The van der Waals surface area contributed by atoms with Crippen molar-refractivity contribution in [3.05, 3.63) is 18.0 Å². The molecule has 2 N–H and O–H groups in total. The molecular weight excluding hydrogens is 286 g/mol. The second kappa shape index (κ2) is 5.11. The van der Waals surface area contributed by atoms with Crippen molar-refractivity contribution in [2.45, 2.75) is 75.5 Å². The van der Waals surface area contributed by atoms with Crippen LogP contribution in [0.25, 0.3) is 0 Å². The number of hydrogen-bond donors (Lipinski definition) is 2. The van der Waals surface area contributed by atoms with Crippen LogP contribution in [0.2, 0.25) is 0 Å². The number of hydrogen-bond acceptors (Lipinski definition) is 3. The van der Waals surface area contributed by atoms with Crippen molar-refractivity contribution in [3.63, 3.8) is 0 Å². The third-order valence-corrected chi connectivity index (χ3v) is 5.91. The van der Waals surface area contributed by atoms with Crippen LogP contribution in [0.15, 0.2) is 17.2 Å². The second-order valence-electron chi connectivity index (χ2n) is 6.99. The van der Waals surface area contributed by atoms with Crippen LogP contribution in [-0.4, -0.2) is 24.6 Å². The molecule has 1 aromatic heterocycles. The van der Waals surface area contributed by atoms with E-state index in [9.17, 15) is 8.42 Å². The SMILES string of the molecule is CC(C)n1cc(S(=O)(=O)NC2(C)CC2)cc1CNC1CC1. The van der Waals surface area contributed by atoms with Crippen molar-refractivity contribution in [2.75, 3.05) is 0 Å². The maximum atomic E-state index is 12.5. The van der Waals surface area contributed by atoms with E-state index in [1.807, 2.05) is 13.0 Å². The number of sulfonamides is 1. The van der Waals surface area contributed by atoms with E-state index >= 15 is 0 Å². The van der Waals surface area contributed by atoms with Crippen LogP contribution < -0.4 is 10.0 Å². The molecule has 0 aromatic carbocycles. The van der Waals surface area contributed by atoms with Crippen LogP contribution in [0.4, 0.5) is 0 Å². The lowest BCUT2D eigenvalue weighted by Crippen LogP contribution is -2.34. The van der Waals surface area contributed by atoms with E-state index in [1.165, 1.54) is 12.8 Å².